The second kappa shape index (κ2) is 6.94. The largest absolute Gasteiger partial charge is 0.481 e. The Hall–Kier alpha value is -1.62. The highest BCUT2D eigenvalue weighted by atomic mass is 16.5. The second-order valence-corrected chi connectivity index (χ2v) is 7.97. The quantitative estimate of drug-likeness (QED) is 0.843. The molecular weight excluding hydrogens is 314 g/mol. The number of hydrogen-bond acceptors (Lipinski definition) is 4. The number of pyridine rings is 1. The van der Waals surface area contributed by atoms with Gasteiger partial charge in [0.2, 0.25) is 11.8 Å². The van der Waals surface area contributed by atoms with Crippen molar-refractivity contribution in [1.82, 2.24) is 14.8 Å². The summed E-state index contributed by atoms with van der Waals surface area (Å²) in [6.45, 7) is 4.91. The Morgan fingerprint density at radius 3 is 2.88 bits per heavy atom. The predicted molar refractivity (Wildman–Crippen MR) is 96.3 cm³/mol. The van der Waals surface area contributed by atoms with Gasteiger partial charge < -0.3 is 9.64 Å². The van der Waals surface area contributed by atoms with E-state index in [2.05, 4.69) is 20.9 Å². The fourth-order valence-corrected chi connectivity index (χ4v) is 5.18. The van der Waals surface area contributed by atoms with Crippen LogP contribution in [0.25, 0.3) is 0 Å². The molecular formula is C20H29N3O2. The fourth-order valence-electron chi connectivity index (χ4n) is 5.18. The van der Waals surface area contributed by atoms with Crippen molar-refractivity contribution in [1.29, 1.82) is 0 Å². The van der Waals surface area contributed by atoms with Crippen LogP contribution in [0.5, 0.6) is 5.88 Å². The summed E-state index contributed by atoms with van der Waals surface area (Å²) in [6.07, 6.45) is 7.01. The molecule has 3 aliphatic rings. The minimum atomic E-state index is 0.207. The summed E-state index contributed by atoms with van der Waals surface area (Å²) < 4.78 is 5.24. The zero-order chi connectivity index (χ0) is 17.3. The van der Waals surface area contributed by atoms with Crippen molar-refractivity contribution in [2.75, 3.05) is 33.3 Å². The zero-order valence-corrected chi connectivity index (χ0v) is 15.2. The van der Waals surface area contributed by atoms with Crippen LogP contribution < -0.4 is 4.74 Å². The van der Waals surface area contributed by atoms with Crippen LogP contribution in [0, 0.1) is 11.3 Å². The number of nitrogens with zero attached hydrogens (tertiary/aromatic N) is 3. The Morgan fingerprint density at radius 2 is 2.08 bits per heavy atom. The molecule has 3 heterocycles. The number of aromatic nitrogens is 1. The minimum absolute atomic E-state index is 0.207. The Balaban J connectivity index is 1.43. The van der Waals surface area contributed by atoms with Crippen LogP contribution in [-0.2, 0) is 11.3 Å². The molecule has 136 valence electrons. The molecule has 1 aromatic heterocycles. The van der Waals surface area contributed by atoms with E-state index in [0.29, 0.717) is 11.8 Å². The number of carbonyl (C=O) groups is 1. The SMILES string of the molecule is COc1cccc(CN2CC[C@@]3(CCC[C@@H]3C(=O)N3CCCC3)C2)n1. The average Bonchev–Trinajstić information content (AvgIpc) is 3.37. The van der Waals surface area contributed by atoms with Crippen molar-refractivity contribution in [3.63, 3.8) is 0 Å². The van der Waals surface area contributed by atoms with Crippen LogP contribution in [0.3, 0.4) is 0 Å². The molecule has 0 N–H and O–H groups in total. The summed E-state index contributed by atoms with van der Waals surface area (Å²) in [5, 5.41) is 0. The standard InChI is InChI=1S/C20H29N3O2/c1-25-18-8-4-6-16(21-18)14-22-13-10-20(15-22)9-5-7-17(20)19(24)23-11-2-3-12-23/h4,6,8,17H,2-3,5,7,9-15H2,1H3/t17-,20+/m1/s1. The van der Waals surface area contributed by atoms with E-state index < -0.39 is 0 Å². The van der Waals surface area contributed by atoms with Crippen molar-refractivity contribution >= 4 is 5.91 Å². The highest BCUT2D eigenvalue weighted by Gasteiger charge is 2.51. The number of methoxy groups -OCH3 is 1. The van der Waals surface area contributed by atoms with Crippen molar-refractivity contribution in [2.45, 2.75) is 45.1 Å². The number of ether oxygens (including phenoxy) is 1. The van der Waals surface area contributed by atoms with Gasteiger partial charge in [-0.05, 0) is 50.1 Å². The summed E-state index contributed by atoms with van der Waals surface area (Å²) in [4.78, 5) is 22.2. The molecule has 1 aliphatic carbocycles. The highest BCUT2D eigenvalue weighted by molar-refractivity contribution is 5.80. The lowest BCUT2D eigenvalue weighted by molar-refractivity contribution is -0.137. The van der Waals surface area contributed by atoms with Crippen LogP contribution >= 0.6 is 0 Å². The van der Waals surface area contributed by atoms with Gasteiger partial charge in [0, 0.05) is 38.2 Å². The van der Waals surface area contributed by atoms with Crippen molar-refractivity contribution in [3.05, 3.63) is 23.9 Å². The maximum Gasteiger partial charge on any atom is 0.226 e. The Bertz CT molecular complexity index is 629. The smallest absolute Gasteiger partial charge is 0.226 e. The number of carbonyl (C=O) groups excluding carboxylic acids is 1. The van der Waals surface area contributed by atoms with Crippen molar-refractivity contribution in [2.24, 2.45) is 11.3 Å². The highest BCUT2D eigenvalue weighted by Crippen LogP contribution is 2.50. The summed E-state index contributed by atoms with van der Waals surface area (Å²) in [5.41, 5.74) is 1.26. The van der Waals surface area contributed by atoms with Gasteiger partial charge in [0.1, 0.15) is 0 Å². The zero-order valence-electron chi connectivity index (χ0n) is 15.2. The molecule has 0 unspecified atom stereocenters. The fraction of sp³-hybridized carbons (Fsp3) is 0.700. The maximum atomic E-state index is 13.0. The van der Waals surface area contributed by atoms with Gasteiger partial charge in [0.25, 0.3) is 0 Å². The lowest BCUT2D eigenvalue weighted by Gasteiger charge is -2.33. The van der Waals surface area contributed by atoms with E-state index in [1.807, 2.05) is 12.1 Å². The van der Waals surface area contributed by atoms with Crippen LogP contribution in [0.15, 0.2) is 18.2 Å². The van der Waals surface area contributed by atoms with E-state index in [1.54, 1.807) is 7.11 Å². The van der Waals surface area contributed by atoms with Crippen LogP contribution in [0.2, 0.25) is 0 Å². The molecule has 0 bridgehead atoms. The molecule has 2 saturated heterocycles. The molecule has 0 aromatic carbocycles. The average molecular weight is 343 g/mol. The predicted octanol–water partition coefficient (Wildman–Crippen LogP) is 2.70. The first-order valence-corrected chi connectivity index (χ1v) is 9.71. The summed E-state index contributed by atoms with van der Waals surface area (Å²) in [5.74, 6) is 1.36. The van der Waals surface area contributed by atoms with Gasteiger partial charge in [0.15, 0.2) is 0 Å². The van der Waals surface area contributed by atoms with Crippen LogP contribution in [-0.4, -0.2) is 54.0 Å². The molecule has 25 heavy (non-hydrogen) atoms. The number of amides is 1. The molecule has 2 aliphatic heterocycles. The molecule has 0 radical (unpaired) electrons. The van der Waals surface area contributed by atoms with Crippen LogP contribution in [0.4, 0.5) is 0 Å². The first kappa shape index (κ1) is 16.8. The first-order valence-electron chi connectivity index (χ1n) is 9.71. The molecule has 1 aromatic rings. The summed E-state index contributed by atoms with van der Waals surface area (Å²) in [6, 6.07) is 5.95. The van der Waals surface area contributed by atoms with E-state index in [0.717, 1.165) is 51.3 Å². The van der Waals surface area contributed by atoms with E-state index >= 15 is 0 Å². The topological polar surface area (TPSA) is 45.7 Å². The van der Waals surface area contributed by atoms with Gasteiger partial charge in [-0.2, -0.15) is 0 Å². The van der Waals surface area contributed by atoms with E-state index in [1.165, 1.54) is 25.7 Å². The van der Waals surface area contributed by atoms with E-state index in [-0.39, 0.29) is 11.3 Å². The van der Waals surface area contributed by atoms with Gasteiger partial charge in [-0.1, -0.05) is 12.5 Å². The summed E-state index contributed by atoms with van der Waals surface area (Å²) in [7, 11) is 1.66. The maximum absolute atomic E-state index is 13.0. The minimum Gasteiger partial charge on any atom is -0.481 e. The van der Waals surface area contributed by atoms with Crippen molar-refractivity contribution in [3.8, 4) is 5.88 Å². The molecule has 1 spiro atoms. The molecule has 1 saturated carbocycles. The molecule has 3 fully saturated rings. The van der Waals surface area contributed by atoms with E-state index in [4.69, 9.17) is 4.74 Å². The van der Waals surface area contributed by atoms with Gasteiger partial charge in [-0.15, -0.1) is 0 Å². The van der Waals surface area contributed by atoms with Gasteiger partial charge in [-0.25, -0.2) is 4.98 Å². The molecule has 1 amide bonds. The first-order chi connectivity index (χ1) is 12.2. The lowest BCUT2D eigenvalue weighted by atomic mass is 9.76. The summed E-state index contributed by atoms with van der Waals surface area (Å²) >= 11 is 0. The monoisotopic (exact) mass is 343 g/mol. The van der Waals surface area contributed by atoms with Crippen LogP contribution in [0.1, 0.15) is 44.2 Å². The molecule has 5 nitrogen and oxygen atoms in total. The Labute approximate surface area is 150 Å². The molecule has 4 rings (SSSR count). The Morgan fingerprint density at radius 1 is 1.24 bits per heavy atom. The Kier molecular flexibility index (Phi) is 4.67. The number of likely N-dealkylation sites (tertiary alicyclic amines) is 2. The number of hydrogen-bond donors (Lipinski definition) is 0. The van der Waals surface area contributed by atoms with Gasteiger partial charge >= 0.3 is 0 Å². The molecule has 5 heteroatoms. The molecule has 2 atom stereocenters. The van der Waals surface area contributed by atoms with Crippen molar-refractivity contribution < 1.29 is 9.53 Å². The van der Waals surface area contributed by atoms with E-state index in [9.17, 15) is 4.79 Å². The third-order valence-corrected chi connectivity index (χ3v) is 6.46. The third-order valence-electron chi connectivity index (χ3n) is 6.46. The third kappa shape index (κ3) is 3.26. The van der Waals surface area contributed by atoms with Gasteiger partial charge in [0.05, 0.1) is 12.8 Å². The number of rotatable bonds is 4. The lowest BCUT2D eigenvalue weighted by Crippen LogP contribution is -2.42. The van der Waals surface area contributed by atoms with Gasteiger partial charge in [-0.3, -0.25) is 9.69 Å². The normalized spacial score (nSPS) is 29.6. The second-order valence-electron chi connectivity index (χ2n) is 7.97.